The van der Waals surface area contributed by atoms with Gasteiger partial charge in [0.2, 0.25) is 0 Å². The standard InChI is InChI=1S/C30H52/c1-8-15-26(10-3)20-19-24(6)23-27(16-9-2)17-13-14-18-29-22-21-28(11-4)25(7)30(29)12-5/h19-20,26-27H,6,8-18,21-23H2,1-5,7H3/b20-19-. The molecular formula is C30H52. The van der Waals surface area contributed by atoms with Gasteiger partial charge in [-0.3, -0.25) is 0 Å². The third-order valence-corrected chi connectivity index (χ3v) is 7.30. The molecule has 30 heavy (non-hydrogen) atoms. The molecule has 0 heterocycles. The lowest BCUT2D eigenvalue weighted by atomic mass is 9.82. The van der Waals surface area contributed by atoms with Crippen LogP contribution < -0.4 is 0 Å². The van der Waals surface area contributed by atoms with Crippen LogP contribution in [0.25, 0.3) is 0 Å². The van der Waals surface area contributed by atoms with Crippen LogP contribution in [0.2, 0.25) is 0 Å². The molecule has 172 valence electrons. The third-order valence-electron chi connectivity index (χ3n) is 7.30. The average Bonchev–Trinajstić information content (AvgIpc) is 2.74. The fourth-order valence-corrected chi connectivity index (χ4v) is 5.40. The summed E-state index contributed by atoms with van der Waals surface area (Å²) in [6.45, 7) is 18.4. The Bertz CT molecular complexity index is 583. The quantitative estimate of drug-likeness (QED) is 0.175. The molecule has 0 saturated carbocycles. The molecule has 0 N–H and O–H groups in total. The molecule has 2 atom stereocenters. The highest BCUT2D eigenvalue weighted by Crippen LogP contribution is 2.36. The molecule has 0 aliphatic heterocycles. The van der Waals surface area contributed by atoms with E-state index in [2.05, 4.69) is 60.3 Å². The summed E-state index contributed by atoms with van der Waals surface area (Å²) in [4.78, 5) is 0. The summed E-state index contributed by atoms with van der Waals surface area (Å²) in [5.41, 5.74) is 8.14. The highest BCUT2D eigenvalue weighted by atomic mass is 14.2. The summed E-state index contributed by atoms with van der Waals surface area (Å²) in [6.07, 6.45) is 23.0. The summed E-state index contributed by atoms with van der Waals surface area (Å²) in [7, 11) is 0. The second-order valence-corrected chi connectivity index (χ2v) is 9.60. The van der Waals surface area contributed by atoms with Gasteiger partial charge in [-0.1, -0.05) is 102 Å². The Morgan fingerprint density at radius 2 is 1.60 bits per heavy atom. The van der Waals surface area contributed by atoms with Gasteiger partial charge in [0.05, 0.1) is 0 Å². The molecule has 0 fully saturated rings. The second kappa shape index (κ2) is 15.7. The van der Waals surface area contributed by atoms with E-state index in [1.807, 2.05) is 0 Å². The zero-order valence-corrected chi connectivity index (χ0v) is 21.4. The van der Waals surface area contributed by atoms with Gasteiger partial charge in [0.15, 0.2) is 0 Å². The molecule has 0 amide bonds. The monoisotopic (exact) mass is 412 g/mol. The van der Waals surface area contributed by atoms with Crippen molar-refractivity contribution >= 4 is 0 Å². The van der Waals surface area contributed by atoms with Gasteiger partial charge in [0.25, 0.3) is 0 Å². The first-order valence-corrected chi connectivity index (χ1v) is 13.3. The van der Waals surface area contributed by atoms with Crippen molar-refractivity contribution in [2.24, 2.45) is 11.8 Å². The lowest BCUT2D eigenvalue weighted by Gasteiger charge is -2.24. The van der Waals surface area contributed by atoms with Crippen LogP contribution in [-0.4, -0.2) is 0 Å². The minimum absolute atomic E-state index is 0.735. The van der Waals surface area contributed by atoms with E-state index in [9.17, 15) is 0 Å². The van der Waals surface area contributed by atoms with Crippen molar-refractivity contribution in [1.82, 2.24) is 0 Å². The maximum Gasteiger partial charge on any atom is -0.0233 e. The molecule has 0 bridgehead atoms. The van der Waals surface area contributed by atoms with E-state index in [4.69, 9.17) is 0 Å². The van der Waals surface area contributed by atoms with Crippen LogP contribution in [0, 0.1) is 11.8 Å². The van der Waals surface area contributed by atoms with Crippen molar-refractivity contribution in [3.63, 3.8) is 0 Å². The lowest BCUT2D eigenvalue weighted by Crippen LogP contribution is -2.05. The topological polar surface area (TPSA) is 0 Å². The highest BCUT2D eigenvalue weighted by molar-refractivity contribution is 5.41. The Kier molecular flexibility index (Phi) is 14.1. The molecule has 0 aromatic heterocycles. The Balaban J connectivity index is 2.52. The Hall–Kier alpha value is -1.04. The van der Waals surface area contributed by atoms with E-state index in [0.717, 1.165) is 11.8 Å². The molecule has 0 nitrogen and oxygen atoms in total. The average molecular weight is 413 g/mol. The van der Waals surface area contributed by atoms with E-state index < -0.39 is 0 Å². The molecule has 0 aromatic rings. The smallest absolute Gasteiger partial charge is 0.0233 e. The van der Waals surface area contributed by atoms with E-state index >= 15 is 0 Å². The molecule has 0 heteroatoms. The Morgan fingerprint density at radius 1 is 0.900 bits per heavy atom. The molecule has 2 unspecified atom stereocenters. The zero-order valence-electron chi connectivity index (χ0n) is 21.4. The first-order valence-electron chi connectivity index (χ1n) is 13.3. The molecular weight excluding hydrogens is 360 g/mol. The summed E-state index contributed by atoms with van der Waals surface area (Å²) < 4.78 is 0. The van der Waals surface area contributed by atoms with Gasteiger partial charge in [0.1, 0.15) is 0 Å². The van der Waals surface area contributed by atoms with Crippen LogP contribution in [0.1, 0.15) is 131 Å². The second-order valence-electron chi connectivity index (χ2n) is 9.60. The molecule has 0 aromatic carbocycles. The normalized spacial score (nSPS) is 17.1. The predicted molar refractivity (Wildman–Crippen MR) is 138 cm³/mol. The van der Waals surface area contributed by atoms with Crippen molar-refractivity contribution in [3.8, 4) is 0 Å². The van der Waals surface area contributed by atoms with Crippen molar-refractivity contribution in [3.05, 3.63) is 46.6 Å². The van der Waals surface area contributed by atoms with Crippen LogP contribution in [0.4, 0.5) is 0 Å². The summed E-state index contributed by atoms with van der Waals surface area (Å²) in [6, 6.07) is 0. The highest BCUT2D eigenvalue weighted by Gasteiger charge is 2.17. The van der Waals surface area contributed by atoms with Crippen molar-refractivity contribution in [2.75, 3.05) is 0 Å². The first-order chi connectivity index (χ1) is 14.5. The van der Waals surface area contributed by atoms with Gasteiger partial charge in [-0.05, 0) is 87.7 Å². The van der Waals surface area contributed by atoms with Gasteiger partial charge in [-0.2, -0.15) is 0 Å². The van der Waals surface area contributed by atoms with Crippen LogP contribution in [0.15, 0.2) is 46.6 Å². The number of hydrogen-bond acceptors (Lipinski definition) is 0. The van der Waals surface area contributed by atoms with Gasteiger partial charge >= 0.3 is 0 Å². The van der Waals surface area contributed by atoms with Crippen molar-refractivity contribution in [1.29, 1.82) is 0 Å². The largest absolute Gasteiger partial charge is 0.0958 e. The number of hydrogen-bond donors (Lipinski definition) is 0. The fraction of sp³-hybridized carbons (Fsp3) is 0.733. The summed E-state index contributed by atoms with van der Waals surface area (Å²) in [5, 5.41) is 0. The van der Waals surface area contributed by atoms with E-state index in [1.165, 1.54) is 95.5 Å². The van der Waals surface area contributed by atoms with Crippen LogP contribution in [-0.2, 0) is 0 Å². The molecule has 0 spiro atoms. The zero-order chi connectivity index (χ0) is 22.4. The van der Waals surface area contributed by atoms with E-state index in [-0.39, 0.29) is 0 Å². The van der Waals surface area contributed by atoms with Crippen LogP contribution >= 0.6 is 0 Å². The van der Waals surface area contributed by atoms with Crippen molar-refractivity contribution in [2.45, 2.75) is 131 Å². The SMILES string of the molecule is C=C(/C=C\C(CC)CCC)CC(CCC)CCCCC1=C(CC)C(C)=C(CC)CC1. The van der Waals surface area contributed by atoms with Crippen molar-refractivity contribution < 1.29 is 0 Å². The maximum absolute atomic E-state index is 4.39. The number of allylic oxidation sites excluding steroid dienone is 7. The number of unbranched alkanes of at least 4 members (excludes halogenated alkanes) is 1. The lowest BCUT2D eigenvalue weighted by molar-refractivity contribution is 0.423. The Morgan fingerprint density at radius 3 is 2.20 bits per heavy atom. The Labute approximate surface area is 190 Å². The van der Waals surface area contributed by atoms with Gasteiger partial charge in [-0.25, -0.2) is 0 Å². The first kappa shape index (κ1) is 27.0. The molecule has 0 saturated heterocycles. The minimum Gasteiger partial charge on any atom is -0.0958 e. The summed E-state index contributed by atoms with van der Waals surface area (Å²) in [5.74, 6) is 1.55. The van der Waals surface area contributed by atoms with Gasteiger partial charge in [0, 0.05) is 0 Å². The molecule has 1 aliphatic rings. The van der Waals surface area contributed by atoms with Gasteiger partial charge in [-0.15, -0.1) is 0 Å². The molecule has 1 aliphatic carbocycles. The van der Waals surface area contributed by atoms with E-state index in [0.29, 0.717) is 0 Å². The summed E-state index contributed by atoms with van der Waals surface area (Å²) >= 11 is 0. The third kappa shape index (κ3) is 9.40. The predicted octanol–water partition coefficient (Wildman–Crippen LogP) is 10.5. The van der Waals surface area contributed by atoms with E-state index in [1.54, 1.807) is 22.3 Å². The van der Waals surface area contributed by atoms with Crippen LogP contribution in [0.3, 0.4) is 0 Å². The van der Waals surface area contributed by atoms with Crippen LogP contribution in [0.5, 0.6) is 0 Å². The molecule has 1 rings (SSSR count). The molecule has 0 radical (unpaired) electrons. The number of rotatable bonds is 16. The van der Waals surface area contributed by atoms with Gasteiger partial charge < -0.3 is 0 Å². The fourth-order valence-electron chi connectivity index (χ4n) is 5.40. The minimum atomic E-state index is 0.735. The maximum atomic E-state index is 4.39.